The van der Waals surface area contributed by atoms with E-state index in [1.54, 1.807) is 60.7 Å². The molecule has 0 saturated carbocycles. The second-order valence-corrected chi connectivity index (χ2v) is 6.57. The molecule has 0 aliphatic carbocycles. The molecule has 0 aliphatic heterocycles. The van der Waals surface area contributed by atoms with E-state index >= 15 is 0 Å². The molecule has 1 heterocycles. The molecule has 7 heteroatoms. The van der Waals surface area contributed by atoms with E-state index in [1.807, 2.05) is 0 Å². The molecule has 0 saturated heterocycles. The summed E-state index contributed by atoms with van der Waals surface area (Å²) in [4.78, 5) is 13.7. The molecule has 3 aromatic carbocycles. The Morgan fingerprint density at radius 3 is 1.61 bits per heavy atom. The molecule has 0 radical (unpaired) electrons. The second kappa shape index (κ2) is 8.32. The van der Waals surface area contributed by atoms with Gasteiger partial charge in [-0.2, -0.15) is 10.5 Å². The molecule has 4 aromatic rings. The number of nitrogens with zero attached hydrogens (tertiary/aromatic N) is 5. The highest BCUT2D eigenvalue weighted by molar-refractivity contribution is 5.70. The van der Waals surface area contributed by atoms with Gasteiger partial charge in [0.05, 0.1) is 35.9 Å². The summed E-state index contributed by atoms with van der Waals surface area (Å²) < 4.78 is 5.15. The number of benzene rings is 3. The third-order valence-electron chi connectivity index (χ3n) is 4.63. The number of nitriles is 2. The van der Waals surface area contributed by atoms with Crippen LogP contribution >= 0.6 is 0 Å². The molecule has 1 N–H and O–H groups in total. The first kappa shape index (κ1) is 19.6. The Bertz CT molecular complexity index is 1260. The molecule has 0 spiro atoms. The first-order valence-corrected chi connectivity index (χ1v) is 9.26. The summed E-state index contributed by atoms with van der Waals surface area (Å²) >= 11 is 0. The predicted octanol–water partition coefficient (Wildman–Crippen LogP) is 4.33. The van der Waals surface area contributed by atoms with Crippen molar-refractivity contribution in [3.63, 3.8) is 0 Å². The molecule has 0 aliphatic rings. The Morgan fingerprint density at radius 2 is 1.19 bits per heavy atom. The molecule has 0 bridgehead atoms. The van der Waals surface area contributed by atoms with Crippen LogP contribution in [0.3, 0.4) is 0 Å². The number of hydrogen-bond acceptors (Lipinski definition) is 7. The van der Waals surface area contributed by atoms with Gasteiger partial charge in [0.1, 0.15) is 11.5 Å². The van der Waals surface area contributed by atoms with Crippen LogP contribution in [0, 0.1) is 22.7 Å². The standard InChI is InChI=1S/C24H15N5O2/c1-31-19-10-11-20(21(30)12-19)24-28-22(17-6-2-15(13-25)3-7-17)27-23(29-24)18-8-4-16(14-26)5-9-18/h2-12,30H,1H3. The lowest BCUT2D eigenvalue weighted by atomic mass is 10.1. The average Bonchev–Trinajstić information content (AvgIpc) is 2.83. The number of hydrogen-bond donors (Lipinski definition) is 1. The van der Waals surface area contributed by atoms with Gasteiger partial charge in [-0.3, -0.25) is 0 Å². The maximum absolute atomic E-state index is 10.5. The number of phenolic OH excluding ortho intramolecular Hbond substituents is 1. The van der Waals surface area contributed by atoms with E-state index in [1.165, 1.54) is 13.2 Å². The topological polar surface area (TPSA) is 116 Å². The molecule has 0 fully saturated rings. The Hall–Kier alpha value is -4.75. The highest BCUT2D eigenvalue weighted by atomic mass is 16.5. The molecule has 31 heavy (non-hydrogen) atoms. The zero-order valence-corrected chi connectivity index (χ0v) is 16.4. The SMILES string of the molecule is COc1ccc(-c2nc(-c3ccc(C#N)cc3)nc(-c3ccc(C#N)cc3)n2)c(O)c1. The van der Waals surface area contributed by atoms with Gasteiger partial charge in [0, 0.05) is 17.2 Å². The van der Waals surface area contributed by atoms with E-state index in [0.29, 0.717) is 45.2 Å². The fourth-order valence-electron chi connectivity index (χ4n) is 2.97. The van der Waals surface area contributed by atoms with Gasteiger partial charge in [-0.25, -0.2) is 15.0 Å². The van der Waals surface area contributed by atoms with E-state index in [-0.39, 0.29) is 11.6 Å². The first-order chi connectivity index (χ1) is 15.1. The third kappa shape index (κ3) is 4.02. The summed E-state index contributed by atoms with van der Waals surface area (Å²) in [5, 5.41) is 28.6. The van der Waals surface area contributed by atoms with Gasteiger partial charge in [0.25, 0.3) is 0 Å². The van der Waals surface area contributed by atoms with Crippen LogP contribution in [0.25, 0.3) is 34.2 Å². The summed E-state index contributed by atoms with van der Waals surface area (Å²) in [5.41, 5.74) is 2.88. The van der Waals surface area contributed by atoms with Crippen molar-refractivity contribution in [1.82, 2.24) is 15.0 Å². The van der Waals surface area contributed by atoms with E-state index < -0.39 is 0 Å². The minimum atomic E-state index is -0.0258. The lowest BCUT2D eigenvalue weighted by Gasteiger charge is -2.10. The van der Waals surface area contributed by atoms with Crippen LogP contribution in [0.4, 0.5) is 0 Å². The highest BCUT2D eigenvalue weighted by Crippen LogP contribution is 2.32. The number of aromatic hydroxyl groups is 1. The van der Waals surface area contributed by atoms with Crippen LogP contribution in [-0.2, 0) is 0 Å². The summed E-state index contributed by atoms with van der Waals surface area (Å²) in [6, 6.07) is 22.8. The summed E-state index contributed by atoms with van der Waals surface area (Å²) in [6.45, 7) is 0. The van der Waals surface area contributed by atoms with E-state index in [0.717, 1.165) is 0 Å². The lowest BCUT2D eigenvalue weighted by molar-refractivity contribution is 0.408. The first-order valence-electron chi connectivity index (χ1n) is 9.26. The van der Waals surface area contributed by atoms with Crippen molar-refractivity contribution in [2.24, 2.45) is 0 Å². The Balaban J connectivity index is 1.89. The van der Waals surface area contributed by atoms with Crippen LogP contribution in [0.5, 0.6) is 11.5 Å². The fourth-order valence-corrected chi connectivity index (χ4v) is 2.97. The van der Waals surface area contributed by atoms with Crippen LogP contribution in [0.2, 0.25) is 0 Å². The molecule has 1 aromatic heterocycles. The quantitative estimate of drug-likeness (QED) is 0.537. The maximum atomic E-state index is 10.5. The third-order valence-corrected chi connectivity index (χ3v) is 4.63. The predicted molar refractivity (Wildman–Crippen MR) is 114 cm³/mol. The largest absolute Gasteiger partial charge is 0.507 e. The highest BCUT2D eigenvalue weighted by Gasteiger charge is 2.15. The maximum Gasteiger partial charge on any atom is 0.167 e. The monoisotopic (exact) mass is 405 g/mol. The summed E-state index contributed by atoms with van der Waals surface area (Å²) in [6.07, 6.45) is 0. The normalized spacial score (nSPS) is 10.2. The lowest BCUT2D eigenvalue weighted by Crippen LogP contribution is -2.00. The van der Waals surface area contributed by atoms with Crippen molar-refractivity contribution in [3.8, 4) is 57.8 Å². The van der Waals surface area contributed by atoms with E-state index in [9.17, 15) is 5.11 Å². The molecule has 4 rings (SSSR count). The fraction of sp³-hybridized carbons (Fsp3) is 0.0417. The van der Waals surface area contributed by atoms with Crippen LogP contribution < -0.4 is 4.74 Å². The smallest absolute Gasteiger partial charge is 0.167 e. The molecule has 0 unspecified atom stereocenters. The van der Waals surface area contributed by atoms with Gasteiger partial charge >= 0.3 is 0 Å². The average molecular weight is 405 g/mol. The zero-order chi connectivity index (χ0) is 21.8. The van der Waals surface area contributed by atoms with Crippen molar-refractivity contribution >= 4 is 0 Å². The van der Waals surface area contributed by atoms with Gasteiger partial charge in [-0.05, 0) is 60.7 Å². The van der Waals surface area contributed by atoms with E-state index in [2.05, 4.69) is 27.1 Å². The number of aromatic nitrogens is 3. The summed E-state index contributed by atoms with van der Waals surface area (Å²) in [7, 11) is 1.52. The number of methoxy groups -OCH3 is 1. The van der Waals surface area contributed by atoms with Crippen molar-refractivity contribution in [2.45, 2.75) is 0 Å². The van der Waals surface area contributed by atoms with Crippen LogP contribution in [-0.4, -0.2) is 27.2 Å². The van der Waals surface area contributed by atoms with E-state index in [4.69, 9.17) is 15.3 Å². The molecular weight excluding hydrogens is 390 g/mol. The molecule has 7 nitrogen and oxygen atoms in total. The van der Waals surface area contributed by atoms with Gasteiger partial charge in [0.2, 0.25) is 0 Å². The zero-order valence-electron chi connectivity index (χ0n) is 16.4. The van der Waals surface area contributed by atoms with Gasteiger partial charge < -0.3 is 9.84 Å². The molecule has 0 amide bonds. The Labute approximate surface area is 178 Å². The van der Waals surface area contributed by atoms with Crippen molar-refractivity contribution in [1.29, 1.82) is 10.5 Å². The van der Waals surface area contributed by atoms with Gasteiger partial charge in [-0.1, -0.05) is 0 Å². The molecular formula is C24H15N5O2. The second-order valence-electron chi connectivity index (χ2n) is 6.57. The number of phenols is 1. The van der Waals surface area contributed by atoms with Crippen LogP contribution in [0.1, 0.15) is 11.1 Å². The summed E-state index contributed by atoms with van der Waals surface area (Å²) in [5.74, 6) is 1.55. The minimum absolute atomic E-state index is 0.0258. The molecule has 148 valence electrons. The number of ether oxygens (including phenoxy) is 1. The number of rotatable bonds is 4. The van der Waals surface area contributed by atoms with Crippen molar-refractivity contribution in [2.75, 3.05) is 7.11 Å². The Morgan fingerprint density at radius 1 is 0.710 bits per heavy atom. The Kier molecular flexibility index (Phi) is 5.25. The van der Waals surface area contributed by atoms with Crippen molar-refractivity contribution < 1.29 is 9.84 Å². The van der Waals surface area contributed by atoms with Crippen LogP contribution in [0.15, 0.2) is 66.7 Å². The van der Waals surface area contributed by atoms with Gasteiger partial charge in [-0.15, -0.1) is 0 Å². The minimum Gasteiger partial charge on any atom is -0.507 e. The molecule has 0 atom stereocenters. The van der Waals surface area contributed by atoms with Gasteiger partial charge in [0.15, 0.2) is 17.5 Å². The van der Waals surface area contributed by atoms with Crippen molar-refractivity contribution in [3.05, 3.63) is 77.9 Å².